The Bertz CT molecular complexity index is 1430. The predicted octanol–water partition coefficient (Wildman–Crippen LogP) is 5.61. The summed E-state index contributed by atoms with van der Waals surface area (Å²) in [5.41, 5.74) is 3.85. The number of anilines is 1. The number of hydrogen-bond acceptors (Lipinski definition) is 6. The van der Waals surface area contributed by atoms with E-state index < -0.39 is 6.16 Å². The molecule has 0 spiro atoms. The molecule has 3 aromatic rings. The standard InChI is InChI=1S/C29H27ClN4O4/c1-34(28(35)24-4-2-3-5-26(24)30,27-9-7-19-6-8-23(17-25(19)27)38-29(36)37)22-11-14-33(15-12-22)21-10-13-32-20(16-21)18-31/h2-6,8,10,13,16-17,22,27H,7,9,11-12,14-15H2,1H3/p+1/t27-,34?/m1/s1. The van der Waals surface area contributed by atoms with Crippen LogP contribution in [0.1, 0.15) is 52.5 Å². The molecule has 1 N–H and O–H groups in total. The number of hydrogen-bond donors (Lipinski definition) is 1. The van der Waals surface area contributed by atoms with Gasteiger partial charge in [-0.05, 0) is 48.4 Å². The predicted molar refractivity (Wildman–Crippen MR) is 142 cm³/mol. The summed E-state index contributed by atoms with van der Waals surface area (Å²) < 4.78 is 5.10. The number of carbonyl (C=O) groups is 2. The van der Waals surface area contributed by atoms with E-state index in [9.17, 15) is 14.9 Å². The van der Waals surface area contributed by atoms with Crippen LogP contribution in [0.15, 0.2) is 60.8 Å². The molecular weight excluding hydrogens is 504 g/mol. The monoisotopic (exact) mass is 531 g/mol. The van der Waals surface area contributed by atoms with Gasteiger partial charge in [-0.2, -0.15) is 5.26 Å². The summed E-state index contributed by atoms with van der Waals surface area (Å²) in [7, 11) is 2.00. The Morgan fingerprint density at radius 3 is 2.61 bits per heavy atom. The summed E-state index contributed by atoms with van der Waals surface area (Å²) >= 11 is 6.53. The van der Waals surface area contributed by atoms with E-state index in [0.29, 0.717) is 16.3 Å². The van der Waals surface area contributed by atoms with Crippen LogP contribution in [0.4, 0.5) is 10.5 Å². The van der Waals surface area contributed by atoms with Gasteiger partial charge in [0.25, 0.3) is 0 Å². The van der Waals surface area contributed by atoms with Crippen molar-refractivity contribution in [2.45, 2.75) is 37.8 Å². The maximum absolute atomic E-state index is 14.4. The molecule has 194 valence electrons. The lowest BCUT2D eigenvalue weighted by atomic mass is 9.93. The van der Waals surface area contributed by atoms with Crippen molar-refractivity contribution in [3.8, 4) is 11.8 Å². The zero-order chi connectivity index (χ0) is 26.9. The highest BCUT2D eigenvalue weighted by Gasteiger charge is 2.51. The van der Waals surface area contributed by atoms with Crippen molar-refractivity contribution in [1.29, 1.82) is 5.26 Å². The van der Waals surface area contributed by atoms with Crippen LogP contribution in [0.2, 0.25) is 5.02 Å². The van der Waals surface area contributed by atoms with Crippen molar-refractivity contribution in [3.05, 3.63) is 88.2 Å². The van der Waals surface area contributed by atoms with Crippen molar-refractivity contribution in [3.63, 3.8) is 0 Å². The Morgan fingerprint density at radius 2 is 1.89 bits per heavy atom. The first-order valence-corrected chi connectivity index (χ1v) is 13.0. The van der Waals surface area contributed by atoms with Crippen molar-refractivity contribution < 1.29 is 23.9 Å². The highest BCUT2D eigenvalue weighted by atomic mass is 35.5. The quantitative estimate of drug-likeness (QED) is 0.259. The second kappa shape index (κ2) is 10.4. The van der Waals surface area contributed by atoms with Crippen LogP contribution in [0.3, 0.4) is 0 Å². The number of halogens is 1. The molecular formula is C29H28ClN4O4+. The first kappa shape index (κ1) is 25.7. The number of nitrogens with zero attached hydrogens (tertiary/aromatic N) is 4. The molecule has 1 aromatic heterocycles. The third kappa shape index (κ3) is 4.71. The third-order valence-corrected chi connectivity index (χ3v) is 8.33. The molecule has 2 heterocycles. The highest BCUT2D eigenvalue weighted by molar-refractivity contribution is 6.33. The maximum Gasteiger partial charge on any atom is 0.511 e. The normalized spacial score (nSPS) is 18.8. The van der Waals surface area contributed by atoms with E-state index >= 15 is 0 Å². The summed E-state index contributed by atoms with van der Waals surface area (Å²) in [6, 6.07) is 18.1. The van der Waals surface area contributed by atoms with Gasteiger partial charge in [-0.25, -0.2) is 19.1 Å². The van der Waals surface area contributed by atoms with Gasteiger partial charge in [-0.1, -0.05) is 29.8 Å². The van der Waals surface area contributed by atoms with Gasteiger partial charge < -0.3 is 14.7 Å². The van der Waals surface area contributed by atoms with Crippen molar-refractivity contribution in [2.75, 3.05) is 25.0 Å². The number of ether oxygens (including phenoxy) is 1. The van der Waals surface area contributed by atoms with E-state index in [4.69, 9.17) is 21.4 Å². The van der Waals surface area contributed by atoms with Crippen molar-refractivity contribution in [1.82, 2.24) is 4.98 Å². The Morgan fingerprint density at radius 1 is 1.13 bits per heavy atom. The van der Waals surface area contributed by atoms with Gasteiger partial charge in [0.2, 0.25) is 0 Å². The Balaban J connectivity index is 1.50. The summed E-state index contributed by atoms with van der Waals surface area (Å²) in [5.74, 6) is 0.202. The SMILES string of the molecule is C[N+](C(=O)c1ccccc1Cl)(C1CCN(c2ccnc(C#N)c2)CC1)[C@@H]1CCc2ccc(OC(=O)O)cc21. The number of carboxylic acid groups (broad SMARTS) is 1. The van der Waals surface area contributed by atoms with Crippen LogP contribution in [-0.2, 0) is 6.42 Å². The number of pyridine rings is 1. The van der Waals surface area contributed by atoms with Gasteiger partial charge in [0.05, 0.1) is 23.7 Å². The Hall–Kier alpha value is -3.93. The van der Waals surface area contributed by atoms with Crippen LogP contribution >= 0.6 is 11.6 Å². The first-order valence-electron chi connectivity index (χ1n) is 12.6. The van der Waals surface area contributed by atoms with Crippen molar-refractivity contribution >= 4 is 29.4 Å². The zero-order valence-electron chi connectivity index (χ0n) is 21.0. The molecule has 1 saturated heterocycles. The molecule has 1 amide bonds. The molecule has 1 aliphatic heterocycles. The molecule has 1 fully saturated rings. The molecule has 38 heavy (non-hydrogen) atoms. The second-order valence-electron chi connectivity index (χ2n) is 9.94. The second-order valence-corrected chi connectivity index (χ2v) is 10.4. The van der Waals surface area contributed by atoms with Gasteiger partial charge >= 0.3 is 12.1 Å². The number of aryl methyl sites for hydroxylation is 1. The average Bonchev–Trinajstić information content (AvgIpc) is 3.36. The molecule has 9 heteroatoms. The Kier molecular flexibility index (Phi) is 7.06. The van der Waals surface area contributed by atoms with Gasteiger partial charge in [0.1, 0.15) is 23.6 Å². The van der Waals surface area contributed by atoms with Crippen LogP contribution in [-0.4, -0.2) is 52.8 Å². The summed E-state index contributed by atoms with van der Waals surface area (Å²) in [4.78, 5) is 31.9. The molecule has 0 bridgehead atoms. The summed E-state index contributed by atoms with van der Waals surface area (Å²) in [6.07, 6.45) is 3.35. The fourth-order valence-electron chi connectivity index (χ4n) is 6.07. The Labute approximate surface area is 226 Å². The lowest BCUT2D eigenvalue weighted by Gasteiger charge is -2.47. The fraction of sp³-hybridized carbons (Fsp3) is 0.310. The van der Waals surface area contributed by atoms with E-state index in [0.717, 1.165) is 55.6 Å². The number of rotatable bonds is 5. The molecule has 1 aliphatic carbocycles. The molecule has 5 rings (SSSR count). The van der Waals surface area contributed by atoms with Crippen LogP contribution in [0, 0.1) is 11.3 Å². The zero-order valence-corrected chi connectivity index (χ0v) is 21.8. The molecule has 1 unspecified atom stereocenters. The van der Waals surface area contributed by atoms with Crippen LogP contribution in [0.25, 0.3) is 0 Å². The van der Waals surface area contributed by atoms with Crippen molar-refractivity contribution in [2.24, 2.45) is 0 Å². The number of piperidine rings is 1. The van der Waals surface area contributed by atoms with Gasteiger partial charge in [-0.15, -0.1) is 0 Å². The molecule has 0 saturated carbocycles. The number of aromatic nitrogens is 1. The highest BCUT2D eigenvalue weighted by Crippen LogP contribution is 2.46. The molecule has 2 aliphatic rings. The average molecular weight is 532 g/mol. The number of fused-ring (bicyclic) bond motifs is 1. The molecule has 0 radical (unpaired) electrons. The number of nitriles is 1. The van der Waals surface area contributed by atoms with Gasteiger partial charge in [0, 0.05) is 49.8 Å². The minimum absolute atomic E-state index is 0.00676. The lowest BCUT2D eigenvalue weighted by molar-refractivity contribution is -0.887. The minimum atomic E-state index is -1.37. The summed E-state index contributed by atoms with van der Waals surface area (Å²) in [6.45, 7) is 1.45. The molecule has 2 atom stereocenters. The number of quaternary nitrogens is 1. The van der Waals surface area contributed by atoms with Gasteiger partial charge in [-0.3, -0.25) is 0 Å². The van der Waals surface area contributed by atoms with Gasteiger partial charge in [0.15, 0.2) is 0 Å². The smallest absolute Gasteiger partial charge is 0.449 e. The maximum atomic E-state index is 14.4. The molecule has 8 nitrogen and oxygen atoms in total. The minimum Gasteiger partial charge on any atom is -0.449 e. The van der Waals surface area contributed by atoms with E-state index in [-0.39, 0.29) is 28.2 Å². The lowest BCUT2D eigenvalue weighted by Crippen LogP contribution is -2.60. The fourth-order valence-corrected chi connectivity index (χ4v) is 6.29. The van der Waals surface area contributed by atoms with Crippen LogP contribution < -0.4 is 9.64 Å². The number of amides is 1. The summed E-state index contributed by atoms with van der Waals surface area (Å²) in [5, 5.41) is 18.8. The van der Waals surface area contributed by atoms with E-state index in [1.54, 1.807) is 36.5 Å². The van der Waals surface area contributed by atoms with E-state index in [1.807, 2.05) is 31.3 Å². The first-order chi connectivity index (χ1) is 18.3. The largest absolute Gasteiger partial charge is 0.511 e. The van der Waals surface area contributed by atoms with E-state index in [2.05, 4.69) is 16.0 Å². The topological polar surface area (TPSA) is 104 Å². The van der Waals surface area contributed by atoms with Crippen LogP contribution in [0.5, 0.6) is 5.75 Å². The number of benzene rings is 2. The third-order valence-electron chi connectivity index (χ3n) is 8.00. The number of carbonyl (C=O) groups excluding carboxylic acids is 1. The molecule has 2 aromatic carbocycles. The van der Waals surface area contributed by atoms with E-state index in [1.165, 1.54) is 0 Å².